The van der Waals surface area contributed by atoms with Crippen molar-refractivity contribution in [3.05, 3.63) is 69.7 Å². The number of hydrogen-bond acceptors (Lipinski definition) is 2. The minimum atomic E-state index is -0.0113. The van der Waals surface area contributed by atoms with Crippen molar-refractivity contribution in [2.75, 3.05) is 0 Å². The lowest BCUT2D eigenvalue weighted by atomic mass is 9.95. The zero-order chi connectivity index (χ0) is 14.5. The second kappa shape index (κ2) is 6.89. The van der Waals surface area contributed by atoms with Crippen molar-refractivity contribution in [3.8, 4) is 0 Å². The van der Waals surface area contributed by atoms with Crippen LogP contribution < -0.4 is 11.3 Å². The highest BCUT2D eigenvalue weighted by Gasteiger charge is 2.13. The molecule has 0 spiro atoms. The summed E-state index contributed by atoms with van der Waals surface area (Å²) < 4.78 is 0. The zero-order valence-electron chi connectivity index (χ0n) is 12.0. The lowest BCUT2D eigenvalue weighted by molar-refractivity contribution is 0.635. The molecule has 0 saturated heterocycles. The number of halogens is 1. The van der Waals surface area contributed by atoms with Gasteiger partial charge in [-0.3, -0.25) is 5.84 Å². The summed E-state index contributed by atoms with van der Waals surface area (Å²) in [6.45, 7) is 4.20. The van der Waals surface area contributed by atoms with Gasteiger partial charge >= 0.3 is 0 Å². The Morgan fingerprint density at radius 2 is 1.90 bits per heavy atom. The molecule has 2 nitrogen and oxygen atoms in total. The number of benzene rings is 2. The van der Waals surface area contributed by atoms with Gasteiger partial charge in [0, 0.05) is 5.02 Å². The van der Waals surface area contributed by atoms with E-state index in [1.54, 1.807) is 0 Å². The second-order valence-corrected chi connectivity index (χ2v) is 5.51. The monoisotopic (exact) mass is 288 g/mol. The molecule has 0 saturated carbocycles. The van der Waals surface area contributed by atoms with Gasteiger partial charge < -0.3 is 0 Å². The molecule has 0 aliphatic carbocycles. The number of nitrogens with two attached hydrogens (primary N) is 1. The normalized spacial score (nSPS) is 12.4. The van der Waals surface area contributed by atoms with E-state index in [1.807, 2.05) is 19.1 Å². The van der Waals surface area contributed by atoms with Crippen LogP contribution in [0.25, 0.3) is 0 Å². The van der Waals surface area contributed by atoms with Gasteiger partial charge in [0.2, 0.25) is 0 Å². The van der Waals surface area contributed by atoms with Crippen molar-refractivity contribution in [1.82, 2.24) is 5.43 Å². The van der Waals surface area contributed by atoms with Gasteiger partial charge in [-0.05, 0) is 41.7 Å². The van der Waals surface area contributed by atoms with Crippen LogP contribution in [0.15, 0.2) is 42.5 Å². The molecule has 3 heteroatoms. The summed E-state index contributed by atoms with van der Waals surface area (Å²) in [5, 5.41) is 0.782. The summed E-state index contributed by atoms with van der Waals surface area (Å²) in [4.78, 5) is 0. The number of hydrogen-bond donors (Lipinski definition) is 2. The van der Waals surface area contributed by atoms with Gasteiger partial charge in [-0.2, -0.15) is 0 Å². The maximum absolute atomic E-state index is 6.09. The van der Waals surface area contributed by atoms with Gasteiger partial charge in [0.25, 0.3) is 0 Å². The van der Waals surface area contributed by atoms with E-state index in [0.717, 1.165) is 29.0 Å². The predicted molar refractivity (Wildman–Crippen MR) is 85.8 cm³/mol. The molecule has 0 aromatic heterocycles. The molecule has 0 heterocycles. The number of aryl methyl sites for hydroxylation is 2. The summed E-state index contributed by atoms with van der Waals surface area (Å²) in [5.41, 5.74) is 7.62. The van der Waals surface area contributed by atoms with Crippen LogP contribution in [0.1, 0.15) is 41.6 Å². The predicted octanol–water partition coefficient (Wildman–Crippen LogP) is 4.15. The first kappa shape index (κ1) is 15.0. The molecule has 0 aliphatic rings. The van der Waals surface area contributed by atoms with E-state index in [0.29, 0.717) is 0 Å². The first-order valence-electron chi connectivity index (χ1n) is 6.96. The molecule has 0 radical (unpaired) electrons. The fourth-order valence-electron chi connectivity index (χ4n) is 2.45. The summed E-state index contributed by atoms with van der Waals surface area (Å²) in [5.74, 6) is 5.77. The number of rotatable bonds is 5. The summed E-state index contributed by atoms with van der Waals surface area (Å²) >= 11 is 6.09. The molecular formula is C17H21ClN2. The largest absolute Gasteiger partial charge is 0.271 e. The van der Waals surface area contributed by atoms with Gasteiger partial charge in [0.05, 0.1) is 6.04 Å². The van der Waals surface area contributed by atoms with Gasteiger partial charge in [-0.1, -0.05) is 61.3 Å². The third-order valence-corrected chi connectivity index (χ3v) is 3.93. The van der Waals surface area contributed by atoms with E-state index < -0.39 is 0 Å². The van der Waals surface area contributed by atoms with E-state index in [4.69, 9.17) is 17.4 Å². The summed E-state index contributed by atoms with van der Waals surface area (Å²) in [6.07, 6.45) is 2.23. The van der Waals surface area contributed by atoms with Crippen LogP contribution in [0, 0.1) is 6.92 Å². The molecular weight excluding hydrogens is 268 g/mol. The zero-order valence-corrected chi connectivity index (χ0v) is 12.7. The minimum Gasteiger partial charge on any atom is -0.271 e. The van der Waals surface area contributed by atoms with Crippen molar-refractivity contribution < 1.29 is 0 Å². The Kier molecular flexibility index (Phi) is 5.18. The van der Waals surface area contributed by atoms with E-state index in [9.17, 15) is 0 Å². The minimum absolute atomic E-state index is 0.0113. The maximum Gasteiger partial charge on any atom is 0.0710 e. The fraction of sp³-hybridized carbons (Fsp3) is 0.294. The van der Waals surface area contributed by atoms with Gasteiger partial charge in [0.1, 0.15) is 0 Å². The van der Waals surface area contributed by atoms with Crippen LogP contribution in [-0.4, -0.2) is 0 Å². The molecule has 2 rings (SSSR count). The van der Waals surface area contributed by atoms with E-state index in [-0.39, 0.29) is 6.04 Å². The topological polar surface area (TPSA) is 38.0 Å². The average molecular weight is 289 g/mol. The van der Waals surface area contributed by atoms with Crippen LogP contribution in [-0.2, 0) is 6.42 Å². The number of hydrazine groups is 1. The van der Waals surface area contributed by atoms with Crippen LogP contribution >= 0.6 is 11.6 Å². The van der Waals surface area contributed by atoms with Crippen LogP contribution in [0.5, 0.6) is 0 Å². The fourth-order valence-corrected chi connectivity index (χ4v) is 2.57. The molecule has 0 bridgehead atoms. The van der Waals surface area contributed by atoms with Crippen LogP contribution in [0.2, 0.25) is 5.02 Å². The highest BCUT2D eigenvalue weighted by molar-refractivity contribution is 6.31. The Balaban J connectivity index is 2.36. The Morgan fingerprint density at radius 1 is 1.15 bits per heavy atom. The molecule has 1 unspecified atom stereocenters. The lowest BCUT2D eigenvalue weighted by Crippen LogP contribution is -2.29. The molecule has 0 aliphatic heterocycles. The van der Waals surface area contributed by atoms with Crippen molar-refractivity contribution in [2.45, 2.75) is 32.7 Å². The standard InChI is InChI=1S/C17H21ClN2/c1-3-5-13-6-4-7-14(11-13)17(20-19)15-8-9-16(18)12(2)10-15/h4,6-11,17,20H,3,5,19H2,1-2H3. The van der Waals surface area contributed by atoms with Crippen molar-refractivity contribution >= 4 is 11.6 Å². The van der Waals surface area contributed by atoms with Gasteiger partial charge in [0.15, 0.2) is 0 Å². The third kappa shape index (κ3) is 3.40. The molecule has 0 amide bonds. The second-order valence-electron chi connectivity index (χ2n) is 5.10. The third-order valence-electron chi connectivity index (χ3n) is 3.51. The van der Waals surface area contributed by atoms with Crippen molar-refractivity contribution in [1.29, 1.82) is 0 Å². The van der Waals surface area contributed by atoms with Crippen LogP contribution in [0.4, 0.5) is 0 Å². The molecule has 106 valence electrons. The number of nitrogens with one attached hydrogen (secondary N) is 1. The smallest absolute Gasteiger partial charge is 0.0710 e. The molecule has 0 fully saturated rings. The quantitative estimate of drug-likeness (QED) is 0.640. The average Bonchev–Trinajstić information content (AvgIpc) is 2.44. The van der Waals surface area contributed by atoms with E-state index in [2.05, 4.69) is 42.7 Å². The first-order chi connectivity index (χ1) is 9.65. The Morgan fingerprint density at radius 3 is 2.55 bits per heavy atom. The Labute approximate surface area is 125 Å². The van der Waals surface area contributed by atoms with Gasteiger partial charge in [-0.25, -0.2) is 5.43 Å². The molecule has 3 N–H and O–H groups in total. The van der Waals surface area contributed by atoms with Crippen molar-refractivity contribution in [2.24, 2.45) is 5.84 Å². The SMILES string of the molecule is CCCc1cccc(C(NN)c2ccc(Cl)c(C)c2)c1. The van der Waals surface area contributed by atoms with E-state index >= 15 is 0 Å². The Bertz CT molecular complexity index is 581. The molecule has 1 atom stereocenters. The Hall–Kier alpha value is -1.35. The van der Waals surface area contributed by atoms with Gasteiger partial charge in [-0.15, -0.1) is 0 Å². The highest BCUT2D eigenvalue weighted by Crippen LogP contribution is 2.26. The first-order valence-corrected chi connectivity index (χ1v) is 7.34. The maximum atomic E-state index is 6.09. The highest BCUT2D eigenvalue weighted by atomic mass is 35.5. The lowest BCUT2D eigenvalue weighted by Gasteiger charge is -2.18. The van der Waals surface area contributed by atoms with Crippen LogP contribution in [0.3, 0.4) is 0 Å². The molecule has 2 aromatic rings. The van der Waals surface area contributed by atoms with Crippen molar-refractivity contribution in [3.63, 3.8) is 0 Å². The van der Waals surface area contributed by atoms with E-state index in [1.165, 1.54) is 11.1 Å². The molecule has 20 heavy (non-hydrogen) atoms. The summed E-state index contributed by atoms with van der Waals surface area (Å²) in [7, 11) is 0. The molecule has 2 aromatic carbocycles. The summed E-state index contributed by atoms with van der Waals surface area (Å²) in [6, 6.07) is 14.6.